The number of cyclic esters (lactones) is 1. The third-order valence-electron chi connectivity index (χ3n) is 2.07. The summed E-state index contributed by atoms with van der Waals surface area (Å²) in [5, 5.41) is -2.10. The number of carbonyl (C=O) groups excluding carboxylic acids is 1. The molecule has 1 saturated heterocycles. The van der Waals surface area contributed by atoms with Crippen LogP contribution in [0.1, 0.15) is 19.3 Å². The van der Waals surface area contributed by atoms with Crippen molar-refractivity contribution in [2.75, 3.05) is 6.61 Å². The van der Waals surface area contributed by atoms with Gasteiger partial charge in [-0.05, 0) is 19.3 Å². The first-order valence-electron chi connectivity index (χ1n) is 4.23. The van der Waals surface area contributed by atoms with Crippen LogP contribution in [0.25, 0.3) is 0 Å². The molecule has 0 amide bonds. The van der Waals surface area contributed by atoms with Crippen molar-refractivity contribution >= 4 is 15.8 Å². The van der Waals surface area contributed by atoms with Crippen molar-refractivity contribution in [3.63, 3.8) is 0 Å². The topological polar surface area (TPSA) is 60.4 Å². The lowest BCUT2D eigenvalue weighted by atomic mass is 10.2. The maximum Gasteiger partial charge on any atom is 0.498 e. The van der Waals surface area contributed by atoms with E-state index in [4.69, 9.17) is 0 Å². The van der Waals surface area contributed by atoms with Crippen molar-refractivity contribution in [3.8, 4) is 0 Å². The van der Waals surface area contributed by atoms with Crippen LogP contribution in [0.15, 0.2) is 0 Å². The Morgan fingerprint density at radius 1 is 1.27 bits per heavy atom. The molecular weight excluding hydrogens is 237 g/mol. The van der Waals surface area contributed by atoms with Gasteiger partial charge in [-0.3, -0.25) is 4.79 Å². The van der Waals surface area contributed by atoms with Crippen molar-refractivity contribution in [3.05, 3.63) is 0 Å². The first-order valence-corrected chi connectivity index (χ1v) is 5.78. The number of hydrogen-bond acceptors (Lipinski definition) is 4. The highest BCUT2D eigenvalue weighted by molar-refractivity contribution is 7.93. The van der Waals surface area contributed by atoms with Crippen LogP contribution in [-0.4, -0.2) is 31.8 Å². The Bertz CT molecular complexity index is 346. The Kier molecular flexibility index (Phi) is 3.27. The van der Waals surface area contributed by atoms with E-state index in [9.17, 15) is 26.4 Å². The second-order valence-corrected chi connectivity index (χ2v) is 5.26. The predicted octanol–water partition coefficient (Wildman–Crippen LogP) is 1.02. The van der Waals surface area contributed by atoms with Gasteiger partial charge >= 0.3 is 11.5 Å². The number of halogens is 3. The maximum absolute atomic E-state index is 12.1. The summed E-state index contributed by atoms with van der Waals surface area (Å²) in [6.45, 7) is -0.0251. The summed E-state index contributed by atoms with van der Waals surface area (Å²) in [7, 11) is -5.45. The average molecular weight is 246 g/mol. The van der Waals surface area contributed by atoms with Crippen LogP contribution in [0.2, 0.25) is 0 Å². The molecule has 0 aromatic rings. The van der Waals surface area contributed by atoms with E-state index in [1.165, 1.54) is 0 Å². The molecule has 0 N–H and O–H groups in total. The predicted molar refractivity (Wildman–Crippen MR) is 43.6 cm³/mol. The van der Waals surface area contributed by atoms with Gasteiger partial charge in [-0.25, -0.2) is 8.42 Å². The molecule has 1 aliphatic rings. The summed E-state index contributed by atoms with van der Waals surface area (Å²) in [6, 6.07) is 0. The van der Waals surface area contributed by atoms with Crippen molar-refractivity contribution < 1.29 is 31.1 Å². The van der Waals surface area contributed by atoms with E-state index < -0.39 is 26.6 Å². The molecule has 1 atom stereocenters. The van der Waals surface area contributed by atoms with Gasteiger partial charge in [0.05, 0.1) is 6.61 Å². The Morgan fingerprint density at radius 2 is 1.87 bits per heavy atom. The highest BCUT2D eigenvalue weighted by atomic mass is 32.2. The van der Waals surface area contributed by atoms with Crippen LogP contribution in [0, 0.1) is 0 Å². The third-order valence-corrected chi connectivity index (χ3v) is 3.89. The summed E-state index contributed by atoms with van der Waals surface area (Å²) in [4.78, 5) is 11.0. The summed E-state index contributed by atoms with van der Waals surface area (Å²) < 4.78 is 62.7. The SMILES string of the molecule is O=C1OCCCCC1S(=O)(=O)C(F)(F)F. The summed E-state index contributed by atoms with van der Waals surface area (Å²) in [5.41, 5.74) is -5.40. The number of ether oxygens (including phenoxy) is 1. The molecule has 1 unspecified atom stereocenters. The van der Waals surface area contributed by atoms with E-state index in [0.29, 0.717) is 6.42 Å². The lowest BCUT2D eigenvalue weighted by molar-refractivity contribution is -0.142. The summed E-state index contributed by atoms with van der Waals surface area (Å²) >= 11 is 0. The van der Waals surface area contributed by atoms with E-state index in [0.717, 1.165) is 0 Å². The molecule has 0 saturated carbocycles. The number of hydrogen-bond donors (Lipinski definition) is 0. The normalized spacial score (nSPS) is 24.5. The van der Waals surface area contributed by atoms with Crippen LogP contribution in [0.5, 0.6) is 0 Å². The van der Waals surface area contributed by atoms with E-state index in [1.807, 2.05) is 0 Å². The molecule has 88 valence electrons. The molecule has 0 radical (unpaired) electrons. The van der Waals surface area contributed by atoms with Gasteiger partial charge in [0.1, 0.15) is 0 Å². The van der Waals surface area contributed by atoms with Crippen LogP contribution in [-0.2, 0) is 19.4 Å². The molecule has 1 heterocycles. The van der Waals surface area contributed by atoms with Crippen molar-refractivity contribution in [1.29, 1.82) is 0 Å². The molecule has 1 fully saturated rings. The first kappa shape index (κ1) is 12.3. The fraction of sp³-hybridized carbons (Fsp3) is 0.857. The zero-order valence-electron chi connectivity index (χ0n) is 7.58. The van der Waals surface area contributed by atoms with Crippen LogP contribution >= 0.6 is 0 Å². The minimum Gasteiger partial charge on any atom is -0.465 e. The highest BCUT2D eigenvalue weighted by Crippen LogP contribution is 2.30. The van der Waals surface area contributed by atoms with Gasteiger partial charge in [0.15, 0.2) is 5.25 Å². The second kappa shape index (κ2) is 3.99. The largest absolute Gasteiger partial charge is 0.498 e. The summed E-state index contributed by atoms with van der Waals surface area (Å²) in [5.74, 6) is -1.30. The molecule has 8 heteroatoms. The Morgan fingerprint density at radius 3 is 2.40 bits per heavy atom. The molecular formula is C7H9F3O4S. The Balaban J connectivity index is 3.00. The number of alkyl halides is 3. The van der Waals surface area contributed by atoms with Crippen molar-refractivity contribution in [1.82, 2.24) is 0 Å². The molecule has 1 rings (SSSR count). The zero-order chi connectivity index (χ0) is 11.7. The van der Waals surface area contributed by atoms with Gasteiger partial charge in [-0.1, -0.05) is 0 Å². The molecule has 0 aromatic carbocycles. The third kappa shape index (κ3) is 2.42. The fourth-order valence-electron chi connectivity index (χ4n) is 1.26. The molecule has 0 spiro atoms. The van der Waals surface area contributed by atoms with E-state index >= 15 is 0 Å². The smallest absolute Gasteiger partial charge is 0.465 e. The number of carbonyl (C=O) groups is 1. The van der Waals surface area contributed by atoms with Gasteiger partial charge in [0, 0.05) is 0 Å². The van der Waals surface area contributed by atoms with Gasteiger partial charge < -0.3 is 4.74 Å². The minimum atomic E-state index is -5.45. The number of rotatable bonds is 1. The number of sulfone groups is 1. The lowest BCUT2D eigenvalue weighted by Crippen LogP contribution is -2.39. The van der Waals surface area contributed by atoms with Gasteiger partial charge in [0.25, 0.3) is 9.84 Å². The summed E-state index contributed by atoms with van der Waals surface area (Å²) in [6.07, 6.45) is 0.280. The maximum atomic E-state index is 12.1. The molecule has 15 heavy (non-hydrogen) atoms. The Hall–Kier alpha value is -0.790. The van der Waals surface area contributed by atoms with Gasteiger partial charge in [-0.15, -0.1) is 0 Å². The van der Waals surface area contributed by atoms with Crippen molar-refractivity contribution in [2.24, 2.45) is 0 Å². The molecule has 1 aliphatic heterocycles. The standard InChI is InChI=1S/C7H9F3O4S/c8-7(9,10)15(12,13)5-3-1-2-4-14-6(5)11/h5H,1-4H2. The molecule has 0 bridgehead atoms. The first-order chi connectivity index (χ1) is 6.77. The minimum absolute atomic E-state index is 0.0251. The van der Waals surface area contributed by atoms with E-state index in [-0.39, 0.29) is 19.4 Å². The highest BCUT2D eigenvalue weighted by Gasteiger charge is 2.53. The van der Waals surface area contributed by atoms with Crippen molar-refractivity contribution in [2.45, 2.75) is 30.0 Å². The molecule has 0 aromatic heterocycles. The second-order valence-electron chi connectivity index (χ2n) is 3.14. The zero-order valence-corrected chi connectivity index (χ0v) is 8.40. The number of esters is 1. The van der Waals surface area contributed by atoms with Crippen LogP contribution in [0.3, 0.4) is 0 Å². The van der Waals surface area contributed by atoms with Gasteiger partial charge in [0.2, 0.25) is 0 Å². The quantitative estimate of drug-likeness (QED) is 0.648. The van der Waals surface area contributed by atoms with E-state index in [1.54, 1.807) is 0 Å². The van der Waals surface area contributed by atoms with Crippen LogP contribution < -0.4 is 0 Å². The monoisotopic (exact) mass is 246 g/mol. The molecule has 0 aliphatic carbocycles. The fourth-order valence-corrected chi connectivity index (χ4v) is 2.38. The van der Waals surface area contributed by atoms with Crippen LogP contribution in [0.4, 0.5) is 13.2 Å². The van der Waals surface area contributed by atoms with Gasteiger partial charge in [-0.2, -0.15) is 13.2 Å². The lowest BCUT2D eigenvalue weighted by Gasteiger charge is -2.15. The average Bonchev–Trinajstić information content (AvgIpc) is 2.27. The Labute approximate surface area is 84.3 Å². The van der Waals surface area contributed by atoms with E-state index in [2.05, 4.69) is 4.74 Å². The molecule has 4 nitrogen and oxygen atoms in total.